The van der Waals surface area contributed by atoms with E-state index < -0.39 is 0 Å². The SMILES string of the molecule is Cc1cc(C)c2c(c1)N(c1cc3c4c(c1)N(c1ccc(C(C)(C)C)cc1)c1c(sc5c1C(C)(C)CCC5(C)C)B4c1cc4c(cc1N3CCc1ccc(C(C)(C)C)cc1-c1ccccc1)C(C)(C)CCC4(C)C)C1(C)CCCCC21C. The fourth-order valence-electron chi connectivity index (χ4n) is 16.8. The highest BCUT2D eigenvalue weighted by atomic mass is 32.1. The lowest BCUT2D eigenvalue weighted by atomic mass is 9.35. The average Bonchev–Trinajstić information content (AvgIpc) is 3.06. The van der Waals surface area contributed by atoms with E-state index in [-0.39, 0.29) is 50.2 Å². The van der Waals surface area contributed by atoms with Gasteiger partial charge in [0.15, 0.2) is 0 Å². The molecule has 2 atom stereocenters. The Hall–Kier alpha value is -5.52. The third kappa shape index (κ3) is 8.20. The molecule has 3 aliphatic heterocycles. The summed E-state index contributed by atoms with van der Waals surface area (Å²) in [5.41, 5.74) is 28.5. The van der Waals surface area contributed by atoms with Gasteiger partial charge in [-0.3, -0.25) is 0 Å². The molecule has 1 aromatic heterocycles. The van der Waals surface area contributed by atoms with Crippen molar-refractivity contribution in [1.29, 1.82) is 0 Å². The molecule has 81 heavy (non-hydrogen) atoms. The van der Waals surface area contributed by atoms with Crippen molar-refractivity contribution < 1.29 is 0 Å². The highest BCUT2D eigenvalue weighted by molar-refractivity contribution is 7.29. The lowest BCUT2D eigenvalue weighted by molar-refractivity contribution is 0.194. The van der Waals surface area contributed by atoms with Gasteiger partial charge >= 0.3 is 0 Å². The molecule has 6 aromatic carbocycles. The Morgan fingerprint density at radius 2 is 1.16 bits per heavy atom. The molecule has 0 N–H and O–H groups in total. The smallest absolute Gasteiger partial charge is 0.264 e. The Kier molecular flexibility index (Phi) is 12.2. The first-order chi connectivity index (χ1) is 37.9. The molecule has 0 saturated heterocycles. The number of nitrogens with zero attached hydrogens (tertiary/aromatic N) is 3. The largest absolute Gasteiger partial charge is 0.342 e. The van der Waals surface area contributed by atoms with Crippen molar-refractivity contribution in [3.8, 4) is 11.1 Å². The van der Waals surface area contributed by atoms with Crippen LogP contribution < -0.4 is 30.4 Å². The molecule has 0 spiro atoms. The molecule has 0 bridgehead atoms. The molecule has 7 aromatic rings. The number of aryl methyl sites for hydroxylation is 2. The molecular formula is C76H92BN3S. The minimum Gasteiger partial charge on any atom is -0.342 e. The average molecular weight is 1090 g/mol. The van der Waals surface area contributed by atoms with Crippen molar-refractivity contribution in [2.75, 3.05) is 21.2 Å². The van der Waals surface area contributed by atoms with Crippen LogP contribution in [0, 0.1) is 13.8 Å². The van der Waals surface area contributed by atoms with Crippen LogP contribution in [-0.4, -0.2) is 18.8 Å². The van der Waals surface area contributed by atoms with E-state index in [4.69, 9.17) is 0 Å². The number of hydrogen-bond donors (Lipinski definition) is 0. The molecule has 5 heteroatoms. The maximum atomic E-state index is 2.91. The zero-order chi connectivity index (χ0) is 57.5. The standard InChI is InChI=1S/C76H92BN3S/c1-47-40-48(2)63-60(41-47)80(76(18)34-23-22-33-75(63,76)17)54-43-61-65-62(44-54)79(53-30-28-51(29-31-53)69(3,4)5)66-64-67(74(15,16)38-37-73(64,13)14)81-68(66)77(65)58-45-56-57(72(11,12)36-35-71(56,9)10)46-59(58)78(61)39-32-50-26-27-52(70(6,7)8)42-55(50)49-24-20-19-21-25-49/h19-21,24-31,40-46H,22-23,32-39H2,1-18H3. The van der Waals surface area contributed by atoms with Gasteiger partial charge in [0.1, 0.15) is 0 Å². The lowest BCUT2D eigenvalue weighted by Gasteiger charge is -2.51. The highest BCUT2D eigenvalue weighted by Crippen LogP contribution is 2.64. The molecule has 1 saturated carbocycles. The summed E-state index contributed by atoms with van der Waals surface area (Å²) >= 11 is 2.17. The first-order valence-corrected chi connectivity index (χ1v) is 32.1. The molecule has 6 aliphatic rings. The molecule has 0 radical (unpaired) electrons. The van der Waals surface area contributed by atoms with Gasteiger partial charge in [-0.1, -0.05) is 189 Å². The molecule has 0 amide bonds. The fraction of sp³-hybridized carbons (Fsp3) is 0.474. The first kappa shape index (κ1) is 54.7. The van der Waals surface area contributed by atoms with Gasteiger partial charge in [-0.2, -0.15) is 11.3 Å². The monoisotopic (exact) mass is 1090 g/mol. The van der Waals surface area contributed by atoms with Crippen molar-refractivity contribution in [2.45, 2.75) is 226 Å². The summed E-state index contributed by atoms with van der Waals surface area (Å²) in [4.78, 5) is 10.2. The summed E-state index contributed by atoms with van der Waals surface area (Å²) < 4.78 is 1.53. The molecule has 3 aliphatic carbocycles. The van der Waals surface area contributed by atoms with E-state index in [1.165, 1.54) is 145 Å². The molecule has 420 valence electrons. The van der Waals surface area contributed by atoms with Gasteiger partial charge < -0.3 is 14.7 Å². The molecule has 3 nitrogen and oxygen atoms in total. The van der Waals surface area contributed by atoms with E-state index in [0.29, 0.717) is 0 Å². The Morgan fingerprint density at radius 3 is 1.84 bits per heavy atom. The van der Waals surface area contributed by atoms with Crippen LogP contribution in [0.1, 0.15) is 217 Å². The molecule has 2 unspecified atom stereocenters. The van der Waals surface area contributed by atoms with Crippen molar-refractivity contribution in [3.05, 3.63) is 164 Å². The van der Waals surface area contributed by atoms with Crippen LogP contribution in [0.3, 0.4) is 0 Å². The van der Waals surface area contributed by atoms with Crippen molar-refractivity contribution in [2.24, 2.45) is 0 Å². The van der Waals surface area contributed by atoms with E-state index in [9.17, 15) is 0 Å². The van der Waals surface area contributed by atoms with E-state index >= 15 is 0 Å². The second-order valence-electron chi connectivity index (χ2n) is 31.5. The van der Waals surface area contributed by atoms with Crippen molar-refractivity contribution in [3.63, 3.8) is 0 Å². The summed E-state index contributed by atoms with van der Waals surface area (Å²) in [6.07, 6.45) is 10.5. The summed E-state index contributed by atoms with van der Waals surface area (Å²) in [7, 11) is 0. The van der Waals surface area contributed by atoms with Gasteiger partial charge in [0.2, 0.25) is 0 Å². The van der Waals surface area contributed by atoms with E-state index in [2.05, 4.69) is 260 Å². The normalized spacial score (nSPS) is 22.5. The van der Waals surface area contributed by atoms with Crippen LogP contribution in [-0.2, 0) is 44.3 Å². The maximum absolute atomic E-state index is 2.91. The minimum atomic E-state index is -0.120. The van der Waals surface area contributed by atoms with Gasteiger partial charge in [-0.05, 0) is 207 Å². The van der Waals surface area contributed by atoms with Crippen LogP contribution in [0.4, 0.5) is 39.8 Å². The fourth-order valence-corrected chi connectivity index (χ4v) is 18.5. The quantitative estimate of drug-likeness (QED) is 0.154. The number of hydrogen-bond acceptors (Lipinski definition) is 4. The number of anilines is 7. The molecule has 4 heterocycles. The van der Waals surface area contributed by atoms with E-state index in [1.807, 2.05) is 0 Å². The summed E-state index contributed by atoms with van der Waals surface area (Å²) in [5, 5.41) is 0. The second kappa shape index (κ2) is 18.0. The van der Waals surface area contributed by atoms with Crippen LogP contribution in [0.15, 0.2) is 109 Å². The Bertz CT molecular complexity index is 3710. The number of thiophene rings is 1. The Balaban J connectivity index is 1.15. The van der Waals surface area contributed by atoms with Gasteiger partial charge in [-0.25, -0.2) is 0 Å². The van der Waals surface area contributed by atoms with Crippen molar-refractivity contribution >= 4 is 73.6 Å². The summed E-state index contributed by atoms with van der Waals surface area (Å²) in [6.45, 7) is 45.4. The molecule has 1 fully saturated rings. The molecule has 13 rings (SSSR count). The van der Waals surface area contributed by atoms with Crippen molar-refractivity contribution in [1.82, 2.24) is 0 Å². The predicted molar refractivity (Wildman–Crippen MR) is 353 cm³/mol. The second-order valence-corrected chi connectivity index (χ2v) is 32.5. The Morgan fingerprint density at radius 1 is 0.543 bits per heavy atom. The zero-order valence-electron chi connectivity index (χ0n) is 52.8. The number of benzene rings is 6. The minimum absolute atomic E-state index is 0.00249. The van der Waals surface area contributed by atoms with Crippen LogP contribution in [0.25, 0.3) is 11.1 Å². The Labute approximate surface area is 493 Å². The molecular weight excluding hydrogens is 998 g/mol. The third-order valence-corrected chi connectivity index (χ3v) is 23.7. The third-order valence-electron chi connectivity index (χ3n) is 22.0. The summed E-state index contributed by atoms with van der Waals surface area (Å²) in [6, 6.07) is 44.5. The van der Waals surface area contributed by atoms with Gasteiger partial charge in [0.05, 0.1) is 11.2 Å². The summed E-state index contributed by atoms with van der Waals surface area (Å²) in [5.74, 6) is 0. The van der Waals surface area contributed by atoms with Crippen LogP contribution in [0.5, 0.6) is 0 Å². The number of rotatable bonds is 6. The van der Waals surface area contributed by atoms with Crippen LogP contribution in [0.2, 0.25) is 0 Å². The van der Waals surface area contributed by atoms with E-state index in [0.717, 1.165) is 19.4 Å². The number of fused-ring (bicyclic) bond motifs is 10. The van der Waals surface area contributed by atoms with Gasteiger partial charge in [-0.15, -0.1) is 0 Å². The maximum Gasteiger partial charge on any atom is 0.264 e. The van der Waals surface area contributed by atoms with Gasteiger partial charge in [0, 0.05) is 55.7 Å². The zero-order valence-corrected chi connectivity index (χ0v) is 53.6. The first-order valence-electron chi connectivity index (χ1n) is 31.3. The lowest BCUT2D eigenvalue weighted by Crippen LogP contribution is -2.62. The topological polar surface area (TPSA) is 9.72 Å². The predicted octanol–water partition coefficient (Wildman–Crippen LogP) is 19.1. The van der Waals surface area contributed by atoms with Crippen LogP contribution >= 0.6 is 11.3 Å². The van der Waals surface area contributed by atoms with Gasteiger partial charge in [0.25, 0.3) is 6.71 Å². The highest BCUT2D eigenvalue weighted by Gasteiger charge is 2.59. The van der Waals surface area contributed by atoms with E-state index in [1.54, 1.807) is 21.6 Å².